The van der Waals surface area contributed by atoms with Gasteiger partial charge >= 0.3 is 0 Å². The Bertz CT molecular complexity index is 775. The molecule has 122 valence electrons. The van der Waals surface area contributed by atoms with Crippen LogP contribution in [0.2, 0.25) is 5.02 Å². The van der Waals surface area contributed by atoms with Crippen LogP contribution < -0.4 is 0 Å². The van der Waals surface area contributed by atoms with Gasteiger partial charge in [-0.1, -0.05) is 11.6 Å². The summed E-state index contributed by atoms with van der Waals surface area (Å²) in [4.78, 5) is 14.3. The summed E-state index contributed by atoms with van der Waals surface area (Å²) in [5.41, 5.74) is 1.71. The Labute approximate surface area is 137 Å². The average molecular weight is 340 g/mol. The minimum Gasteiger partial charge on any atom is -0.331 e. The number of hydrogen-bond acceptors (Lipinski definition) is 2. The molecule has 1 fully saturated rings. The summed E-state index contributed by atoms with van der Waals surface area (Å²) in [6, 6.07) is 2.00. The Morgan fingerprint density at radius 1 is 1.39 bits per heavy atom. The van der Waals surface area contributed by atoms with Crippen LogP contribution in [-0.4, -0.2) is 27.1 Å². The molecule has 23 heavy (non-hydrogen) atoms. The number of aromatic nitrogens is 2. The molecule has 7 heteroatoms. The minimum atomic E-state index is -1.01. The first-order chi connectivity index (χ1) is 10.9. The van der Waals surface area contributed by atoms with Gasteiger partial charge in [-0.05, 0) is 31.9 Å². The van der Waals surface area contributed by atoms with Crippen molar-refractivity contribution in [1.82, 2.24) is 14.7 Å². The molecule has 0 bridgehead atoms. The Hall–Kier alpha value is -1.95. The highest BCUT2D eigenvalue weighted by atomic mass is 35.5. The monoisotopic (exact) mass is 339 g/mol. The number of nitrogens with zero attached hydrogens (tertiary/aromatic N) is 3. The smallest absolute Gasteiger partial charge is 0.257 e. The van der Waals surface area contributed by atoms with Crippen molar-refractivity contribution in [3.8, 4) is 0 Å². The zero-order valence-corrected chi connectivity index (χ0v) is 13.6. The van der Waals surface area contributed by atoms with Crippen LogP contribution in [0.4, 0.5) is 8.78 Å². The van der Waals surface area contributed by atoms with Gasteiger partial charge in [-0.15, -0.1) is 0 Å². The summed E-state index contributed by atoms with van der Waals surface area (Å²) in [6.07, 6.45) is 3.34. The first-order valence-corrected chi connectivity index (χ1v) is 7.72. The lowest BCUT2D eigenvalue weighted by Crippen LogP contribution is -2.31. The predicted octanol–water partition coefficient (Wildman–Crippen LogP) is 3.64. The first kappa shape index (κ1) is 15.9. The van der Waals surface area contributed by atoms with Crippen molar-refractivity contribution in [2.24, 2.45) is 7.05 Å². The van der Waals surface area contributed by atoms with Gasteiger partial charge in [0, 0.05) is 24.8 Å². The van der Waals surface area contributed by atoms with E-state index in [1.807, 2.05) is 14.0 Å². The Morgan fingerprint density at radius 2 is 2.13 bits per heavy atom. The number of rotatable bonds is 2. The van der Waals surface area contributed by atoms with E-state index in [-0.39, 0.29) is 11.6 Å². The normalized spacial score (nSPS) is 17.8. The zero-order valence-electron chi connectivity index (χ0n) is 12.8. The maximum atomic E-state index is 14.1. The Morgan fingerprint density at radius 3 is 2.78 bits per heavy atom. The van der Waals surface area contributed by atoms with Crippen LogP contribution in [0.25, 0.3) is 0 Å². The summed E-state index contributed by atoms with van der Waals surface area (Å²) >= 11 is 5.58. The summed E-state index contributed by atoms with van der Waals surface area (Å²) < 4.78 is 29.2. The van der Waals surface area contributed by atoms with Gasteiger partial charge in [0.05, 0.1) is 17.8 Å². The molecule has 0 saturated carbocycles. The molecule has 1 amide bonds. The lowest BCUT2D eigenvalue weighted by molar-refractivity contribution is 0.0730. The number of aryl methyl sites for hydroxylation is 1. The van der Waals surface area contributed by atoms with E-state index in [1.54, 1.807) is 15.8 Å². The van der Waals surface area contributed by atoms with Gasteiger partial charge in [0.2, 0.25) is 0 Å². The molecule has 1 saturated heterocycles. The van der Waals surface area contributed by atoms with E-state index in [0.717, 1.165) is 36.2 Å². The fraction of sp³-hybridized carbons (Fsp3) is 0.375. The minimum absolute atomic E-state index is 0.153. The molecule has 0 aliphatic carbocycles. The van der Waals surface area contributed by atoms with Crippen LogP contribution in [-0.2, 0) is 7.05 Å². The summed E-state index contributed by atoms with van der Waals surface area (Å²) in [7, 11) is 1.83. The Kier molecular flexibility index (Phi) is 4.10. The molecule has 0 spiro atoms. The molecule has 0 N–H and O–H groups in total. The molecule has 1 aromatic carbocycles. The molecule has 2 aromatic rings. The second kappa shape index (κ2) is 5.92. The van der Waals surface area contributed by atoms with E-state index in [4.69, 9.17) is 11.6 Å². The topological polar surface area (TPSA) is 38.1 Å². The van der Waals surface area contributed by atoms with Crippen LogP contribution in [0.1, 0.15) is 40.5 Å². The highest BCUT2D eigenvalue weighted by Gasteiger charge is 2.34. The van der Waals surface area contributed by atoms with Crippen molar-refractivity contribution in [1.29, 1.82) is 0 Å². The molecule has 1 aliphatic heterocycles. The molecular formula is C16H16ClF2N3O. The van der Waals surface area contributed by atoms with Crippen molar-refractivity contribution in [2.75, 3.05) is 6.54 Å². The third-order valence-electron chi connectivity index (χ3n) is 4.41. The average Bonchev–Trinajstić information content (AvgIpc) is 3.12. The molecule has 1 aromatic heterocycles. The quantitative estimate of drug-likeness (QED) is 0.783. The van der Waals surface area contributed by atoms with E-state index in [9.17, 15) is 13.6 Å². The third kappa shape index (κ3) is 2.61. The number of carbonyl (C=O) groups excluding carboxylic acids is 1. The number of carbonyl (C=O) groups is 1. The van der Waals surface area contributed by atoms with Gasteiger partial charge in [-0.3, -0.25) is 9.48 Å². The fourth-order valence-corrected chi connectivity index (χ4v) is 3.19. The van der Waals surface area contributed by atoms with Gasteiger partial charge in [-0.25, -0.2) is 8.78 Å². The SMILES string of the molecule is Cc1c([C@H]2CCCN2C(=O)c2ccc(F)c(Cl)c2F)cnn1C. The van der Waals surface area contributed by atoms with Gasteiger partial charge in [0.15, 0.2) is 5.82 Å². The fourth-order valence-electron chi connectivity index (χ4n) is 3.02. The first-order valence-electron chi connectivity index (χ1n) is 7.34. The lowest BCUT2D eigenvalue weighted by Gasteiger charge is -2.25. The number of likely N-dealkylation sites (tertiary alicyclic amines) is 1. The summed E-state index contributed by atoms with van der Waals surface area (Å²) in [5, 5.41) is 3.56. The van der Waals surface area contributed by atoms with Gasteiger partial charge in [0.25, 0.3) is 5.91 Å². The van der Waals surface area contributed by atoms with Gasteiger partial charge in [-0.2, -0.15) is 5.10 Å². The maximum Gasteiger partial charge on any atom is 0.257 e. The van der Waals surface area contributed by atoms with E-state index >= 15 is 0 Å². The molecule has 0 unspecified atom stereocenters. The third-order valence-corrected chi connectivity index (χ3v) is 4.76. The van der Waals surface area contributed by atoms with Crippen molar-refractivity contribution < 1.29 is 13.6 Å². The standard InChI is InChI=1S/C16H16ClF2N3O/c1-9-11(8-20-21(9)2)13-4-3-7-22(13)16(23)10-5-6-12(18)14(17)15(10)19/h5-6,8,13H,3-4,7H2,1-2H3/t13-/m1/s1. The van der Waals surface area contributed by atoms with E-state index in [1.165, 1.54) is 0 Å². The van der Waals surface area contributed by atoms with Crippen molar-refractivity contribution in [2.45, 2.75) is 25.8 Å². The van der Waals surface area contributed by atoms with Crippen LogP contribution in [0.15, 0.2) is 18.3 Å². The van der Waals surface area contributed by atoms with Crippen LogP contribution in [0, 0.1) is 18.6 Å². The van der Waals surface area contributed by atoms with E-state index in [0.29, 0.717) is 6.54 Å². The van der Waals surface area contributed by atoms with Crippen molar-refractivity contribution >= 4 is 17.5 Å². The van der Waals surface area contributed by atoms with Crippen LogP contribution >= 0.6 is 11.6 Å². The number of amides is 1. The largest absolute Gasteiger partial charge is 0.331 e. The van der Waals surface area contributed by atoms with E-state index < -0.39 is 22.6 Å². The molecule has 2 heterocycles. The van der Waals surface area contributed by atoms with Gasteiger partial charge in [0.1, 0.15) is 10.8 Å². The highest BCUT2D eigenvalue weighted by Crippen LogP contribution is 2.35. The second-order valence-corrected chi connectivity index (χ2v) is 6.07. The van der Waals surface area contributed by atoms with Crippen molar-refractivity contribution in [3.05, 3.63) is 51.8 Å². The molecular weight excluding hydrogens is 324 g/mol. The summed E-state index contributed by atoms with van der Waals surface area (Å²) in [6.45, 7) is 2.45. The summed E-state index contributed by atoms with van der Waals surface area (Å²) in [5.74, 6) is -2.36. The molecule has 3 rings (SSSR count). The maximum absolute atomic E-state index is 14.1. The number of benzene rings is 1. The molecule has 4 nitrogen and oxygen atoms in total. The van der Waals surface area contributed by atoms with Crippen LogP contribution in [0.3, 0.4) is 0 Å². The predicted molar refractivity (Wildman–Crippen MR) is 82.3 cm³/mol. The second-order valence-electron chi connectivity index (χ2n) is 5.69. The Balaban J connectivity index is 1.96. The van der Waals surface area contributed by atoms with Gasteiger partial charge < -0.3 is 4.90 Å². The highest BCUT2D eigenvalue weighted by molar-refractivity contribution is 6.31. The zero-order chi connectivity index (χ0) is 16.7. The molecule has 0 radical (unpaired) electrons. The van der Waals surface area contributed by atoms with Crippen molar-refractivity contribution in [3.63, 3.8) is 0 Å². The van der Waals surface area contributed by atoms with E-state index in [2.05, 4.69) is 5.10 Å². The van der Waals surface area contributed by atoms with Crippen LogP contribution in [0.5, 0.6) is 0 Å². The molecule has 1 atom stereocenters. The molecule has 1 aliphatic rings. The number of hydrogen-bond donors (Lipinski definition) is 0. The lowest BCUT2D eigenvalue weighted by atomic mass is 10.0. The number of halogens is 3.